The second kappa shape index (κ2) is 5.41. The van der Waals surface area contributed by atoms with E-state index in [1.807, 2.05) is 26.0 Å². The van der Waals surface area contributed by atoms with Crippen LogP contribution in [0.5, 0.6) is 11.6 Å². The van der Waals surface area contributed by atoms with E-state index in [2.05, 4.69) is 31.3 Å². The summed E-state index contributed by atoms with van der Waals surface area (Å²) < 4.78 is 6.73. The summed E-state index contributed by atoms with van der Waals surface area (Å²) in [5, 5.41) is 0. The van der Waals surface area contributed by atoms with Crippen molar-refractivity contribution >= 4 is 27.7 Å². The summed E-state index contributed by atoms with van der Waals surface area (Å²) in [7, 11) is 0. The Morgan fingerprint density at radius 3 is 2.37 bits per heavy atom. The SMILES string of the molecule is Cc1cc(Oc2cc(NN)nc(N)n2)cc(C)c1Br. The summed E-state index contributed by atoms with van der Waals surface area (Å²) in [5.74, 6) is 6.80. The Hall–Kier alpha value is -1.86. The maximum atomic E-state index is 5.67. The van der Waals surface area contributed by atoms with Gasteiger partial charge in [-0.25, -0.2) is 5.84 Å². The van der Waals surface area contributed by atoms with E-state index in [-0.39, 0.29) is 5.95 Å². The largest absolute Gasteiger partial charge is 0.439 e. The van der Waals surface area contributed by atoms with E-state index < -0.39 is 0 Å². The zero-order chi connectivity index (χ0) is 14.0. The molecule has 100 valence electrons. The third-order valence-corrected chi connectivity index (χ3v) is 3.75. The minimum absolute atomic E-state index is 0.0935. The molecule has 1 aromatic carbocycles. The fraction of sp³-hybridized carbons (Fsp3) is 0.167. The lowest BCUT2D eigenvalue weighted by atomic mass is 10.1. The number of hydrogen-bond acceptors (Lipinski definition) is 6. The fourth-order valence-corrected chi connectivity index (χ4v) is 1.88. The summed E-state index contributed by atoms with van der Waals surface area (Å²) in [4.78, 5) is 7.88. The lowest BCUT2D eigenvalue weighted by molar-refractivity contribution is 0.462. The van der Waals surface area contributed by atoms with Gasteiger partial charge in [0, 0.05) is 10.5 Å². The minimum atomic E-state index is 0.0935. The summed E-state index contributed by atoms with van der Waals surface area (Å²) in [6.07, 6.45) is 0. The van der Waals surface area contributed by atoms with Gasteiger partial charge in [-0.15, -0.1) is 0 Å². The van der Waals surface area contributed by atoms with Crippen LogP contribution < -0.4 is 21.7 Å². The average Bonchev–Trinajstić information content (AvgIpc) is 2.35. The smallest absolute Gasteiger partial charge is 0.226 e. The van der Waals surface area contributed by atoms with Gasteiger partial charge in [-0.1, -0.05) is 15.9 Å². The number of nitrogen functional groups attached to an aromatic ring is 2. The first-order chi connectivity index (χ1) is 8.99. The van der Waals surface area contributed by atoms with Gasteiger partial charge in [-0.2, -0.15) is 9.97 Å². The third kappa shape index (κ3) is 3.12. The highest BCUT2D eigenvalue weighted by molar-refractivity contribution is 9.10. The highest BCUT2D eigenvalue weighted by atomic mass is 79.9. The van der Waals surface area contributed by atoms with Crippen LogP contribution >= 0.6 is 15.9 Å². The van der Waals surface area contributed by atoms with E-state index in [0.717, 1.165) is 15.6 Å². The minimum Gasteiger partial charge on any atom is -0.439 e. The Labute approximate surface area is 119 Å². The predicted molar refractivity (Wildman–Crippen MR) is 77.9 cm³/mol. The quantitative estimate of drug-likeness (QED) is 0.593. The Kier molecular flexibility index (Phi) is 3.87. The molecule has 1 heterocycles. The maximum Gasteiger partial charge on any atom is 0.226 e. The highest BCUT2D eigenvalue weighted by Gasteiger charge is 2.07. The van der Waals surface area contributed by atoms with E-state index in [0.29, 0.717) is 17.4 Å². The maximum absolute atomic E-state index is 5.67. The van der Waals surface area contributed by atoms with Crippen LogP contribution in [0.25, 0.3) is 0 Å². The molecule has 0 radical (unpaired) electrons. The summed E-state index contributed by atoms with van der Waals surface area (Å²) in [5.41, 5.74) is 10.1. The molecule has 5 N–H and O–H groups in total. The number of benzene rings is 1. The Morgan fingerprint density at radius 2 is 1.79 bits per heavy atom. The standard InChI is InChI=1S/C12H14BrN5O/c1-6-3-8(4-7(2)11(6)13)19-10-5-9(18-15)16-12(14)17-10/h3-5H,15H2,1-2H3,(H3,14,16,17,18). The van der Waals surface area contributed by atoms with Gasteiger partial charge in [-0.3, -0.25) is 0 Å². The monoisotopic (exact) mass is 323 g/mol. The van der Waals surface area contributed by atoms with Crippen molar-refractivity contribution in [1.82, 2.24) is 9.97 Å². The lowest BCUT2D eigenvalue weighted by Gasteiger charge is -2.10. The number of anilines is 2. The number of hydrazine groups is 1. The zero-order valence-electron chi connectivity index (χ0n) is 10.6. The molecule has 19 heavy (non-hydrogen) atoms. The number of nitrogens with zero attached hydrogens (tertiary/aromatic N) is 2. The predicted octanol–water partition coefficient (Wildman–Crippen LogP) is 2.52. The van der Waals surface area contributed by atoms with Gasteiger partial charge in [0.05, 0.1) is 0 Å². The Balaban J connectivity index is 2.33. The molecular weight excluding hydrogens is 310 g/mol. The average molecular weight is 324 g/mol. The molecule has 2 aromatic rings. The molecule has 6 nitrogen and oxygen atoms in total. The lowest BCUT2D eigenvalue weighted by Crippen LogP contribution is -2.10. The topological polar surface area (TPSA) is 99.1 Å². The second-order valence-electron chi connectivity index (χ2n) is 4.07. The number of aromatic nitrogens is 2. The van der Waals surface area contributed by atoms with Crippen molar-refractivity contribution in [1.29, 1.82) is 0 Å². The molecule has 7 heteroatoms. The van der Waals surface area contributed by atoms with Crippen molar-refractivity contribution in [2.24, 2.45) is 5.84 Å². The molecule has 1 aromatic heterocycles. The molecule has 0 unspecified atom stereocenters. The van der Waals surface area contributed by atoms with E-state index >= 15 is 0 Å². The second-order valence-corrected chi connectivity index (χ2v) is 4.86. The molecule has 0 spiro atoms. The molecule has 0 bridgehead atoms. The molecule has 0 aliphatic carbocycles. The van der Waals surface area contributed by atoms with Gasteiger partial charge in [0.25, 0.3) is 0 Å². The number of halogens is 1. The molecule has 0 atom stereocenters. The van der Waals surface area contributed by atoms with Crippen LogP contribution in [0.4, 0.5) is 11.8 Å². The van der Waals surface area contributed by atoms with E-state index in [9.17, 15) is 0 Å². The van der Waals surface area contributed by atoms with Crippen LogP contribution in [0.1, 0.15) is 11.1 Å². The Bertz CT molecular complexity index is 594. The van der Waals surface area contributed by atoms with Gasteiger partial charge >= 0.3 is 0 Å². The summed E-state index contributed by atoms with van der Waals surface area (Å²) in [6, 6.07) is 5.39. The van der Waals surface area contributed by atoms with Crippen molar-refractivity contribution in [3.05, 3.63) is 33.8 Å². The van der Waals surface area contributed by atoms with Crippen LogP contribution in [-0.4, -0.2) is 9.97 Å². The van der Waals surface area contributed by atoms with Crippen LogP contribution in [0.15, 0.2) is 22.7 Å². The van der Waals surface area contributed by atoms with Crippen molar-refractivity contribution < 1.29 is 4.74 Å². The van der Waals surface area contributed by atoms with Crippen LogP contribution in [0.2, 0.25) is 0 Å². The molecular formula is C12H14BrN5O. The van der Waals surface area contributed by atoms with Crippen molar-refractivity contribution in [2.45, 2.75) is 13.8 Å². The highest BCUT2D eigenvalue weighted by Crippen LogP contribution is 2.29. The number of hydrogen-bond donors (Lipinski definition) is 3. The number of nitrogens with one attached hydrogen (secondary N) is 1. The molecule has 0 aliphatic rings. The van der Waals surface area contributed by atoms with Crippen molar-refractivity contribution in [3.63, 3.8) is 0 Å². The van der Waals surface area contributed by atoms with Crippen LogP contribution in [0.3, 0.4) is 0 Å². The normalized spacial score (nSPS) is 10.3. The van der Waals surface area contributed by atoms with Crippen molar-refractivity contribution in [2.75, 3.05) is 11.2 Å². The third-order valence-electron chi connectivity index (χ3n) is 2.50. The van der Waals surface area contributed by atoms with E-state index in [1.165, 1.54) is 0 Å². The number of nitrogens with two attached hydrogens (primary N) is 2. The van der Waals surface area contributed by atoms with Gasteiger partial charge < -0.3 is 15.9 Å². The number of rotatable bonds is 3. The summed E-state index contributed by atoms with van der Waals surface area (Å²) >= 11 is 3.51. The van der Waals surface area contributed by atoms with E-state index in [1.54, 1.807) is 6.07 Å². The van der Waals surface area contributed by atoms with E-state index in [4.69, 9.17) is 16.3 Å². The molecule has 0 saturated carbocycles. The number of ether oxygens (including phenoxy) is 1. The van der Waals surface area contributed by atoms with Crippen LogP contribution in [-0.2, 0) is 0 Å². The van der Waals surface area contributed by atoms with Gasteiger partial charge in [-0.05, 0) is 37.1 Å². The summed E-state index contributed by atoms with van der Waals surface area (Å²) in [6.45, 7) is 3.98. The first-order valence-corrected chi connectivity index (χ1v) is 6.34. The van der Waals surface area contributed by atoms with Crippen LogP contribution in [0, 0.1) is 13.8 Å². The number of aryl methyl sites for hydroxylation is 2. The first-order valence-electron chi connectivity index (χ1n) is 5.55. The van der Waals surface area contributed by atoms with Crippen molar-refractivity contribution in [3.8, 4) is 11.6 Å². The van der Waals surface area contributed by atoms with Gasteiger partial charge in [0.2, 0.25) is 11.8 Å². The molecule has 0 aliphatic heterocycles. The Morgan fingerprint density at radius 1 is 1.16 bits per heavy atom. The van der Waals surface area contributed by atoms with Gasteiger partial charge in [0.15, 0.2) is 0 Å². The molecule has 0 saturated heterocycles. The van der Waals surface area contributed by atoms with Gasteiger partial charge in [0.1, 0.15) is 11.6 Å². The molecule has 0 amide bonds. The first kappa shape index (κ1) is 13.6. The molecule has 2 rings (SSSR count). The fourth-order valence-electron chi connectivity index (χ4n) is 1.65. The molecule has 0 fully saturated rings. The zero-order valence-corrected chi connectivity index (χ0v) is 12.2.